The van der Waals surface area contributed by atoms with Crippen LogP contribution >= 0.6 is 15.9 Å². The summed E-state index contributed by atoms with van der Waals surface area (Å²) in [6, 6.07) is 1.72. The van der Waals surface area contributed by atoms with Crippen LogP contribution in [0.5, 0.6) is 5.75 Å². The van der Waals surface area contributed by atoms with E-state index in [0.717, 1.165) is 12.1 Å². The summed E-state index contributed by atoms with van der Waals surface area (Å²) in [6.45, 7) is 0.0872. The lowest BCUT2D eigenvalue weighted by molar-refractivity contribution is -0.274. The monoisotopic (exact) mass is 418 g/mol. The number of benzene rings is 1. The summed E-state index contributed by atoms with van der Waals surface area (Å²) >= 11 is 3.02. The lowest BCUT2D eigenvalue weighted by atomic mass is 9.98. The molecule has 10 heteroatoms. The van der Waals surface area contributed by atoms with E-state index in [2.05, 4.69) is 26.0 Å². The Morgan fingerprint density at radius 3 is 2.33 bits per heavy atom. The van der Waals surface area contributed by atoms with Crippen LogP contribution in [0.15, 0.2) is 22.7 Å². The van der Waals surface area contributed by atoms with Crippen molar-refractivity contribution in [3.8, 4) is 5.75 Å². The van der Waals surface area contributed by atoms with Crippen LogP contribution in [-0.4, -0.2) is 55.1 Å². The Labute approximate surface area is 143 Å². The Kier molecular flexibility index (Phi) is 6.05. The molecule has 1 saturated heterocycles. The average Bonchev–Trinajstić information content (AvgIpc) is 2.46. The molecule has 136 valence electrons. The van der Waals surface area contributed by atoms with E-state index in [4.69, 9.17) is 5.11 Å². The van der Waals surface area contributed by atoms with Gasteiger partial charge in [-0.15, -0.1) is 13.2 Å². The predicted octanol–water partition coefficient (Wildman–Crippen LogP) is 2.92. The zero-order valence-electron chi connectivity index (χ0n) is 12.4. The fourth-order valence-electron chi connectivity index (χ4n) is 2.68. The Bertz CT molecular complexity index is 565. The van der Waals surface area contributed by atoms with Crippen LogP contribution in [0.25, 0.3) is 0 Å². The minimum atomic E-state index is -4.93. The highest BCUT2D eigenvalue weighted by Gasteiger charge is 2.44. The zero-order chi connectivity index (χ0) is 18.0. The first-order chi connectivity index (χ1) is 11.1. The summed E-state index contributed by atoms with van der Waals surface area (Å²) in [5.41, 5.74) is -0.0652. The van der Waals surface area contributed by atoms with Gasteiger partial charge in [-0.3, -0.25) is 4.90 Å². The highest BCUT2D eigenvalue weighted by molar-refractivity contribution is 9.10. The van der Waals surface area contributed by atoms with Crippen molar-refractivity contribution in [3.05, 3.63) is 28.2 Å². The molecule has 0 radical (unpaired) electrons. The molecule has 1 fully saturated rings. The van der Waals surface area contributed by atoms with E-state index in [1.165, 1.54) is 11.0 Å². The Balaban J connectivity index is 2.41. The van der Waals surface area contributed by atoms with E-state index >= 15 is 0 Å². The van der Waals surface area contributed by atoms with Gasteiger partial charge in [-0.25, -0.2) is 8.78 Å². The molecule has 0 amide bonds. The molecule has 24 heavy (non-hydrogen) atoms. The molecular formula is C14H16BrF5N2O2. The molecule has 0 saturated carbocycles. The van der Waals surface area contributed by atoms with Crippen LogP contribution < -0.4 is 10.1 Å². The van der Waals surface area contributed by atoms with Crippen molar-refractivity contribution < 1.29 is 31.8 Å². The Morgan fingerprint density at radius 1 is 1.17 bits per heavy atom. The van der Waals surface area contributed by atoms with E-state index in [-0.39, 0.29) is 23.1 Å². The molecule has 1 atom stereocenters. The largest absolute Gasteiger partial charge is 0.573 e. The highest BCUT2D eigenvalue weighted by Crippen LogP contribution is 2.39. The van der Waals surface area contributed by atoms with Gasteiger partial charge >= 0.3 is 6.36 Å². The molecular weight excluding hydrogens is 403 g/mol. The summed E-state index contributed by atoms with van der Waals surface area (Å²) in [5.74, 6) is -4.12. The van der Waals surface area contributed by atoms with E-state index in [1.807, 2.05) is 0 Å². The van der Waals surface area contributed by atoms with Crippen molar-refractivity contribution in [1.82, 2.24) is 10.2 Å². The van der Waals surface area contributed by atoms with Crippen LogP contribution in [0.3, 0.4) is 0 Å². The predicted molar refractivity (Wildman–Crippen MR) is 80.0 cm³/mol. The number of nitrogens with one attached hydrogen (secondary N) is 1. The lowest BCUT2D eigenvalue weighted by Gasteiger charge is -2.38. The molecule has 4 nitrogen and oxygen atoms in total. The number of halogens is 6. The third-order valence-corrected chi connectivity index (χ3v) is 4.03. The standard InChI is InChI=1S/C14H16BrF5N2O2/c15-10-5-9(6-11(7-10)24-14(18,19)20)12(13(16,17)8-23)22-3-1-21-2-4-22/h5-7,12,21,23H,1-4,8H2/t12-/m1/s1. The minimum absolute atomic E-state index is 0.0652. The van der Waals surface area contributed by atoms with E-state index in [0.29, 0.717) is 13.1 Å². The van der Waals surface area contributed by atoms with Gasteiger partial charge in [-0.05, 0) is 23.8 Å². The Hall–Kier alpha value is -0.970. The number of hydrogen-bond acceptors (Lipinski definition) is 4. The van der Waals surface area contributed by atoms with Crippen molar-refractivity contribution in [3.63, 3.8) is 0 Å². The van der Waals surface area contributed by atoms with Gasteiger partial charge in [0.15, 0.2) is 0 Å². The second-order valence-corrected chi connectivity index (χ2v) is 6.29. The van der Waals surface area contributed by atoms with Crippen LogP contribution in [-0.2, 0) is 0 Å². The van der Waals surface area contributed by atoms with Gasteiger partial charge in [-0.1, -0.05) is 15.9 Å². The number of hydrogen-bond donors (Lipinski definition) is 2. The van der Waals surface area contributed by atoms with Crippen LogP contribution in [0.4, 0.5) is 22.0 Å². The molecule has 1 heterocycles. The van der Waals surface area contributed by atoms with Gasteiger partial charge in [0.1, 0.15) is 18.4 Å². The summed E-state index contributed by atoms with van der Waals surface area (Å²) in [5, 5.41) is 12.1. The van der Waals surface area contributed by atoms with Gasteiger partial charge < -0.3 is 15.2 Å². The van der Waals surface area contributed by atoms with Crippen LogP contribution in [0.2, 0.25) is 0 Å². The average molecular weight is 419 g/mol. The minimum Gasteiger partial charge on any atom is -0.406 e. The summed E-state index contributed by atoms with van der Waals surface area (Å²) in [7, 11) is 0. The van der Waals surface area contributed by atoms with Crippen molar-refractivity contribution >= 4 is 15.9 Å². The van der Waals surface area contributed by atoms with E-state index in [1.54, 1.807) is 0 Å². The van der Waals surface area contributed by atoms with E-state index < -0.39 is 30.7 Å². The number of rotatable bonds is 5. The van der Waals surface area contributed by atoms with Gasteiger partial charge in [0.25, 0.3) is 5.92 Å². The molecule has 2 rings (SSSR count). The van der Waals surface area contributed by atoms with Crippen molar-refractivity contribution in [1.29, 1.82) is 0 Å². The van der Waals surface area contributed by atoms with E-state index in [9.17, 15) is 22.0 Å². The summed E-state index contributed by atoms with van der Waals surface area (Å²) in [4.78, 5) is 1.44. The lowest BCUT2D eigenvalue weighted by Crippen LogP contribution is -2.51. The second kappa shape index (κ2) is 7.51. The molecule has 1 aromatic carbocycles. The molecule has 0 aliphatic carbocycles. The zero-order valence-corrected chi connectivity index (χ0v) is 14.0. The molecule has 0 aromatic heterocycles. The molecule has 2 N–H and O–H groups in total. The van der Waals surface area contributed by atoms with Crippen molar-refractivity contribution in [2.75, 3.05) is 32.8 Å². The third kappa shape index (κ3) is 5.01. The summed E-state index contributed by atoms with van der Waals surface area (Å²) in [6.07, 6.45) is -4.93. The number of aliphatic hydroxyl groups excluding tert-OH is 1. The quantitative estimate of drug-likeness (QED) is 0.721. The first-order valence-electron chi connectivity index (χ1n) is 7.12. The number of aliphatic hydroxyl groups is 1. The molecule has 0 bridgehead atoms. The molecule has 0 spiro atoms. The molecule has 0 unspecified atom stereocenters. The topological polar surface area (TPSA) is 44.7 Å². The van der Waals surface area contributed by atoms with Gasteiger partial charge in [-0.2, -0.15) is 0 Å². The molecule has 1 aromatic rings. The van der Waals surface area contributed by atoms with Gasteiger partial charge in [0, 0.05) is 30.7 Å². The van der Waals surface area contributed by atoms with Crippen LogP contribution in [0.1, 0.15) is 11.6 Å². The SMILES string of the molecule is OCC(F)(F)[C@@H](c1cc(Br)cc(OC(F)(F)F)c1)N1CCNCC1. The maximum atomic E-state index is 14.3. The first-order valence-corrected chi connectivity index (χ1v) is 7.91. The number of piperazine rings is 1. The van der Waals surface area contributed by atoms with Crippen molar-refractivity contribution in [2.24, 2.45) is 0 Å². The van der Waals surface area contributed by atoms with Crippen LogP contribution in [0, 0.1) is 0 Å². The third-order valence-electron chi connectivity index (χ3n) is 3.57. The normalized spacial score (nSPS) is 18.5. The second-order valence-electron chi connectivity index (χ2n) is 5.38. The Morgan fingerprint density at radius 2 is 1.79 bits per heavy atom. The van der Waals surface area contributed by atoms with Gasteiger partial charge in [0.05, 0.1) is 0 Å². The van der Waals surface area contributed by atoms with Gasteiger partial charge in [0.2, 0.25) is 0 Å². The summed E-state index contributed by atoms with van der Waals surface area (Å²) < 4.78 is 69.9. The highest BCUT2D eigenvalue weighted by atomic mass is 79.9. The first kappa shape index (κ1) is 19.4. The number of alkyl halides is 5. The molecule has 1 aliphatic rings. The smallest absolute Gasteiger partial charge is 0.406 e. The number of nitrogens with zero attached hydrogens (tertiary/aromatic N) is 1. The maximum Gasteiger partial charge on any atom is 0.573 e. The fraction of sp³-hybridized carbons (Fsp3) is 0.571. The molecule has 1 aliphatic heterocycles. The number of ether oxygens (including phenoxy) is 1. The van der Waals surface area contributed by atoms with Crippen molar-refractivity contribution in [2.45, 2.75) is 18.3 Å². The maximum absolute atomic E-state index is 14.3. The fourth-order valence-corrected chi connectivity index (χ4v) is 3.17.